The van der Waals surface area contributed by atoms with Gasteiger partial charge in [-0.25, -0.2) is 0 Å². The molecular weight excluding hydrogens is 404 g/mol. The van der Waals surface area contributed by atoms with E-state index in [9.17, 15) is 4.79 Å². The van der Waals surface area contributed by atoms with Crippen molar-refractivity contribution in [3.63, 3.8) is 0 Å². The minimum absolute atomic E-state index is 0.0881. The standard InChI is InChI=1S/C25H42O3Si2/c1-24-14-13-18(27-29(3,4)5)15-17(24)9-10-19-20-11-12-22(26)25(20,2)23(16-21(19)24)28-30(6,7)8/h9,15,19-21,23H,10-14,16H2,1-8H3/t19-,20-,21-,23+,24-,25-/m0/s1. The second kappa shape index (κ2) is 7.18. The molecule has 0 bridgehead atoms. The molecule has 168 valence electrons. The van der Waals surface area contributed by atoms with E-state index < -0.39 is 16.6 Å². The van der Waals surface area contributed by atoms with Crippen LogP contribution < -0.4 is 0 Å². The topological polar surface area (TPSA) is 35.5 Å². The number of ketones is 1. The van der Waals surface area contributed by atoms with Crippen molar-refractivity contribution in [2.24, 2.45) is 28.6 Å². The molecule has 5 heteroatoms. The van der Waals surface area contributed by atoms with Gasteiger partial charge >= 0.3 is 0 Å². The Kier molecular flexibility index (Phi) is 5.39. The number of hydrogen-bond donors (Lipinski definition) is 0. The Morgan fingerprint density at radius 1 is 1.00 bits per heavy atom. The average Bonchev–Trinajstić information content (AvgIpc) is 2.90. The maximum atomic E-state index is 13.1. The van der Waals surface area contributed by atoms with E-state index in [1.165, 1.54) is 11.3 Å². The summed E-state index contributed by atoms with van der Waals surface area (Å²) < 4.78 is 13.2. The van der Waals surface area contributed by atoms with Crippen LogP contribution >= 0.6 is 0 Å². The summed E-state index contributed by atoms with van der Waals surface area (Å²) in [6, 6.07) is 0. The van der Waals surface area contributed by atoms with Gasteiger partial charge in [-0.1, -0.05) is 13.0 Å². The molecule has 0 unspecified atom stereocenters. The molecule has 2 fully saturated rings. The van der Waals surface area contributed by atoms with Gasteiger partial charge in [-0.15, -0.1) is 0 Å². The van der Waals surface area contributed by atoms with Gasteiger partial charge in [-0.05, 0) is 107 Å². The van der Waals surface area contributed by atoms with E-state index in [1.54, 1.807) is 0 Å². The van der Waals surface area contributed by atoms with Crippen molar-refractivity contribution in [3.8, 4) is 0 Å². The largest absolute Gasteiger partial charge is 0.547 e. The van der Waals surface area contributed by atoms with Crippen molar-refractivity contribution in [2.75, 3.05) is 0 Å². The van der Waals surface area contributed by atoms with E-state index in [4.69, 9.17) is 8.85 Å². The molecule has 0 N–H and O–H groups in total. The molecule has 4 aliphatic rings. The first-order valence-electron chi connectivity index (χ1n) is 12.1. The molecule has 0 aromatic heterocycles. The van der Waals surface area contributed by atoms with E-state index >= 15 is 0 Å². The monoisotopic (exact) mass is 446 g/mol. The molecule has 0 aliphatic heterocycles. The maximum Gasteiger partial charge on any atom is 0.241 e. The molecule has 30 heavy (non-hydrogen) atoms. The van der Waals surface area contributed by atoms with Gasteiger partial charge in [0.2, 0.25) is 8.32 Å². The zero-order valence-electron chi connectivity index (χ0n) is 20.4. The molecule has 0 spiro atoms. The molecule has 3 nitrogen and oxygen atoms in total. The van der Waals surface area contributed by atoms with Crippen LogP contribution in [0, 0.1) is 28.6 Å². The molecule has 0 amide bonds. The van der Waals surface area contributed by atoms with Crippen LogP contribution in [0.5, 0.6) is 0 Å². The first-order chi connectivity index (χ1) is 13.7. The molecule has 0 aromatic rings. The van der Waals surface area contributed by atoms with Crippen LogP contribution in [0.1, 0.15) is 52.4 Å². The first-order valence-corrected chi connectivity index (χ1v) is 18.9. The Bertz CT molecular complexity index is 787. The molecule has 2 saturated carbocycles. The van der Waals surface area contributed by atoms with Crippen molar-refractivity contribution in [1.82, 2.24) is 0 Å². The van der Waals surface area contributed by atoms with Gasteiger partial charge < -0.3 is 8.85 Å². The minimum Gasteiger partial charge on any atom is -0.547 e. The lowest BCUT2D eigenvalue weighted by Crippen LogP contribution is -2.58. The molecule has 0 saturated heterocycles. The lowest BCUT2D eigenvalue weighted by Gasteiger charge is -2.58. The predicted octanol–water partition coefficient (Wildman–Crippen LogP) is 6.69. The summed E-state index contributed by atoms with van der Waals surface area (Å²) in [5.41, 5.74) is 1.39. The highest BCUT2D eigenvalue weighted by Crippen LogP contribution is 2.64. The second-order valence-electron chi connectivity index (χ2n) is 12.7. The first kappa shape index (κ1) is 22.5. The fourth-order valence-electron chi connectivity index (χ4n) is 7.09. The van der Waals surface area contributed by atoms with Gasteiger partial charge in [0.1, 0.15) is 5.78 Å². The zero-order valence-corrected chi connectivity index (χ0v) is 22.4. The van der Waals surface area contributed by atoms with E-state index in [0.717, 1.165) is 38.5 Å². The number of Topliss-reactive ketones (excluding diaryl/α,β-unsaturated/α-hetero) is 1. The van der Waals surface area contributed by atoms with Crippen molar-refractivity contribution in [1.29, 1.82) is 0 Å². The molecule has 4 rings (SSSR count). The summed E-state index contributed by atoms with van der Waals surface area (Å²) in [5, 5.41) is 0. The molecule has 4 aliphatic carbocycles. The third-order valence-electron chi connectivity index (χ3n) is 8.45. The highest BCUT2D eigenvalue weighted by atomic mass is 28.4. The van der Waals surface area contributed by atoms with Crippen LogP contribution in [0.4, 0.5) is 0 Å². The third-order valence-corrected chi connectivity index (χ3v) is 10.3. The smallest absolute Gasteiger partial charge is 0.241 e. The van der Waals surface area contributed by atoms with Crippen molar-refractivity contribution < 1.29 is 13.6 Å². The number of carbonyl (C=O) groups excluding carboxylic acids is 1. The number of allylic oxidation sites excluding steroid dienone is 4. The Hall–Kier alpha value is -0.656. The molecular formula is C25H42O3Si2. The van der Waals surface area contributed by atoms with Gasteiger partial charge in [0, 0.05) is 12.8 Å². The molecule has 0 radical (unpaired) electrons. The molecule has 6 atom stereocenters. The van der Waals surface area contributed by atoms with Crippen molar-refractivity contribution in [2.45, 2.75) is 97.8 Å². The maximum absolute atomic E-state index is 13.1. The SMILES string of the molecule is C[C@@]12C(=O)CC[C@H]1[C@@H]1CC=C3C=C(O[Si](C)(C)C)CC[C@]3(C)[C@H]1C[C@H]2O[Si](C)(C)C. The Labute approximate surface area is 185 Å². The van der Waals surface area contributed by atoms with Crippen LogP contribution in [-0.2, 0) is 13.6 Å². The summed E-state index contributed by atoms with van der Waals surface area (Å²) in [5.74, 6) is 3.35. The van der Waals surface area contributed by atoms with Crippen LogP contribution in [0.3, 0.4) is 0 Å². The summed E-state index contributed by atoms with van der Waals surface area (Å²) >= 11 is 0. The fourth-order valence-corrected chi connectivity index (χ4v) is 9.24. The summed E-state index contributed by atoms with van der Waals surface area (Å²) in [4.78, 5) is 13.1. The molecule has 0 heterocycles. The lowest BCUT2D eigenvalue weighted by molar-refractivity contribution is -0.145. The Balaban J connectivity index is 1.69. The van der Waals surface area contributed by atoms with E-state index in [1.807, 2.05) is 0 Å². The molecule has 0 aromatic carbocycles. The zero-order chi connectivity index (χ0) is 22.1. The quantitative estimate of drug-likeness (QED) is 0.451. The van der Waals surface area contributed by atoms with E-state index in [0.29, 0.717) is 23.5 Å². The summed E-state index contributed by atoms with van der Waals surface area (Å²) in [6.45, 7) is 18.4. The minimum atomic E-state index is -1.74. The van der Waals surface area contributed by atoms with E-state index in [-0.39, 0.29) is 16.9 Å². The van der Waals surface area contributed by atoms with Crippen molar-refractivity contribution >= 4 is 22.4 Å². The highest BCUT2D eigenvalue weighted by Gasteiger charge is 2.63. The van der Waals surface area contributed by atoms with Gasteiger partial charge in [0.15, 0.2) is 8.32 Å². The normalized spacial score (nSPS) is 41.4. The Morgan fingerprint density at radius 2 is 1.70 bits per heavy atom. The number of fused-ring (bicyclic) bond motifs is 5. The van der Waals surface area contributed by atoms with E-state index in [2.05, 4.69) is 65.3 Å². The van der Waals surface area contributed by atoms with Crippen LogP contribution in [0.15, 0.2) is 23.5 Å². The summed E-state index contributed by atoms with van der Waals surface area (Å²) in [6.07, 6.45) is 11.1. The number of hydrogen-bond acceptors (Lipinski definition) is 3. The van der Waals surface area contributed by atoms with Crippen LogP contribution in [-0.4, -0.2) is 28.5 Å². The lowest BCUT2D eigenvalue weighted by atomic mass is 9.48. The number of carbonyl (C=O) groups is 1. The van der Waals surface area contributed by atoms with Crippen LogP contribution in [0.25, 0.3) is 0 Å². The predicted molar refractivity (Wildman–Crippen MR) is 128 cm³/mol. The van der Waals surface area contributed by atoms with Gasteiger partial charge in [-0.2, -0.15) is 0 Å². The average molecular weight is 447 g/mol. The van der Waals surface area contributed by atoms with Crippen LogP contribution in [0.2, 0.25) is 39.3 Å². The number of rotatable bonds is 4. The Morgan fingerprint density at radius 3 is 2.33 bits per heavy atom. The second-order valence-corrected chi connectivity index (χ2v) is 21.6. The summed E-state index contributed by atoms with van der Waals surface area (Å²) in [7, 11) is -3.32. The third kappa shape index (κ3) is 3.73. The fraction of sp³-hybridized carbons (Fsp3) is 0.800. The van der Waals surface area contributed by atoms with Gasteiger partial charge in [-0.3, -0.25) is 4.79 Å². The van der Waals surface area contributed by atoms with Gasteiger partial charge in [0.05, 0.1) is 17.3 Å². The highest BCUT2D eigenvalue weighted by molar-refractivity contribution is 6.70. The van der Waals surface area contributed by atoms with Crippen molar-refractivity contribution in [3.05, 3.63) is 23.5 Å². The van der Waals surface area contributed by atoms with Gasteiger partial charge in [0.25, 0.3) is 0 Å².